The molecule has 0 saturated heterocycles. The summed E-state index contributed by atoms with van der Waals surface area (Å²) in [5, 5.41) is 8.86. The summed E-state index contributed by atoms with van der Waals surface area (Å²) in [6, 6.07) is 10.7. The second-order valence-electron chi connectivity index (χ2n) is 6.92. The number of rotatable bonds is 4. The van der Waals surface area contributed by atoms with E-state index < -0.39 is 5.97 Å². The minimum absolute atomic E-state index is 0.145. The molecule has 0 spiro atoms. The van der Waals surface area contributed by atoms with Crippen LogP contribution in [0, 0.1) is 13.8 Å². The van der Waals surface area contributed by atoms with Crippen molar-refractivity contribution >= 4 is 5.97 Å². The lowest BCUT2D eigenvalue weighted by molar-refractivity contribution is -0.136. The van der Waals surface area contributed by atoms with Gasteiger partial charge in [-0.1, -0.05) is 32.9 Å². The van der Waals surface area contributed by atoms with Gasteiger partial charge in [0.1, 0.15) is 0 Å². The predicted molar refractivity (Wildman–Crippen MR) is 89.9 cm³/mol. The quantitative estimate of drug-likeness (QED) is 0.908. The number of benzene rings is 1. The molecule has 118 valence electrons. The van der Waals surface area contributed by atoms with Crippen molar-refractivity contribution in [1.29, 1.82) is 0 Å². The molecule has 2 rings (SSSR count). The number of aliphatic carboxylic acids is 1. The Labute approximate surface area is 132 Å². The first-order valence-corrected chi connectivity index (χ1v) is 7.70. The number of aryl methyl sites for hydroxylation is 2. The van der Waals surface area contributed by atoms with Gasteiger partial charge in [-0.05, 0) is 55.0 Å². The molecule has 0 radical (unpaired) electrons. The predicted octanol–water partition coefficient (Wildman–Crippen LogP) is 4.41. The first-order chi connectivity index (χ1) is 10.2. The summed E-state index contributed by atoms with van der Waals surface area (Å²) < 4.78 is 2.20. The highest BCUT2D eigenvalue weighted by atomic mass is 16.4. The van der Waals surface area contributed by atoms with Crippen LogP contribution in [0.1, 0.15) is 49.7 Å². The van der Waals surface area contributed by atoms with Crippen LogP contribution in [0.5, 0.6) is 0 Å². The van der Waals surface area contributed by atoms with Gasteiger partial charge in [0.25, 0.3) is 0 Å². The van der Waals surface area contributed by atoms with Crippen LogP contribution >= 0.6 is 0 Å². The van der Waals surface area contributed by atoms with Gasteiger partial charge in [-0.15, -0.1) is 0 Å². The SMILES string of the molecule is Cc1cc(CCC(=O)O)c(C)n1-c1ccc(C(C)(C)C)cc1. The maximum Gasteiger partial charge on any atom is 0.303 e. The third-order valence-electron chi connectivity index (χ3n) is 4.14. The molecule has 0 fully saturated rings. The molecular formula is C19H25NO2. The highest BCUT2D eigenvalue weighted by molar-refractivity contribution is 5.67. The molecule has 0 unspecified atom stereocenters. The van der Waals surface area contributed by atoms with Gasteiger partial charge in [0.2, 0.25) is 0 Å². The molecule has 1 N–H and O–H groups in total. The monoisotopic (exact) mass is 299 g/mol. The van der Waals surface area contributed by atoms with Gasteiger partial charge in [-0.25, -0.2) is 0 Å². The van der Waals surface area contributed by atoms with Gasteiger partial charge < -0.3 is 9.67 Å². The minimum Gasteiger partial charge on any atom is -0.481 e. The van der Waals surface area contributed by atoms with Crippen LogP contribution in [-0.2, 0) is 16.6 Å². The highest BCUT2D eigenvalue weighted by Crippen LogP contribution is 2.26. The summed E-state index contributed by atoms with van der Waals surface area (Å²) in [7, 11) is 0. The summed E-state index contributed by atoms with van der Waals surface area (Å²) in [5.41, 5.74) is 5.96. The summed E-state index contributed by atoms with van der Waals surface area (Å²) in [6.07, 6.45) is 0.752. The van der Waals surface area contributed by atoms with Crippen LogP contribution < -0.4 is 0 Å². The van der Waals surface area contributed by atoms with Crippen molar-refractivity contribution in [2.75, 3.05) is 0 Å². The van der Waals surface area contributed by atoms with E-state index in [1.54, 1.807) is 0 Å². The van der Waals surface area contributed by atoms with E-state index in [-0.39, 0.29) is 11.8 Å². The molecule has 1 aromatic carbocycles. The van der Waals surface area contributed by atoms with Crippen LogP contribution in [0.3, 0.4) is 0 Å². The topological polar surface area (TPSA) is 42.2 Å². The number of carboxylic acids is 1. The summed E-state index contributed by atoms with van der Waals surface area (Å²) >= 11 is 0. The van der Waals surface area contributed by atoms with Crippen molar-refractivity contribution in [2.45, 2.75) is 52.9 Å². The first-order valence-electron chi connectivity index (χ1n) is 7.70. The van der Waals surface area contributed by atoms with E-state index in [1.807, 2.05) is 0 Å². The lowest BCUT2D eigenvalue weighted by Crippen LogP contribution is -2.11. The number of carboxylic acid groups (broad SMARTS) is 1. The minimum atomic E-state index is -0.751. The fraction of sp³-hybridized carbons (Fsp3) is 0.421. The summed E-state index contributed by atoms with van der Waals surface area (Å²) in [6.45, 7) is 10.7. The first kappa shape index (κ1) is 16.3. The summed E-state index contributed by atoms with van der Waals surface area (Å²) in [4.78, 5) is 10.8. The van der Waals surface area contributed by atoms with Crippen LogP contribution in [0.25, 0.3) is 5.69 Å². The second kappa shape index (κ2) is 5.99. The smallest absolute Gasteiger partial charge is 0.303 e. The van der Waals surface area contributed by atoms with Gasteiger partial charge in [0.15, 0.2) is 0 Å². The Morgan fingerprint density at radius 3 is 2.23 bits per heavy atom. The number of hydrogen-bond acceptors (Lipinski definition) is 1. The third kappa shape index (κ3) is 3.41. The molecule has 0 saturated carbocycles. The second-order valence-corrected chi connectivity index (χ2v) is 6.92. The van der Waals surface area contributed by atoms with Crippen molar-refractivity contribution in [1.82, 2.24) is 4.57 Å². The molecule has 1 heterocycles. The van der Waals surface area contributed by atoms with Crippen molar-refractivity contribution in [3.63, 3.8) is 0 Å². The molecule has 0 amide bonds. The molecule has 2 aromatic rings. The van der Waals surface area contributed by atoms with E-state index in [0.717, 1.165) is 22.6 Å². The van der Waals surface area contributed by atoms with Gasteiger partial charge in [0, 0.05) is 23.5 Å². The lowest BCUT2D eigenvalue weighted by Gasteiger charge is -2.20. The van der Waals surface area contributed by atoms with Crippen LogP contribution in [-0.4, -0.2) is 15.6 Å². The van der Waals surface area contributed by atoms with E-state index >= 15 is 0 Å². The molecule has 0 atom stereocenters. The van der Waals surface area contributed by atoms with Gasteiger partial charge >= 0.3 is 5.97 Å². The van der Waals surface area contributed by atoms with Gasteiger partial charge in [0.05, 0.1) is 0 Å². The Kier molecular flexibility index (Phi) is 4.45. The Morgan fingerprint density at radius 2 is 1.73 bits per heavy atom. The Morgan fingerprint density at radius 1 is 1.14 bits per heavy atom. The third-order valence-corrected chi connectivity index (χ3v) is 4.14. The van der Waals surface area contributed by atoms with Gasteiger partial charge in [-0.3, -0.25) is 4.79 Å². The average molecular weight is 299 g/mol. The standard InChI is InChI=1S/C19H25NO2/c1-13-12-15(6-11-18(21)22)14(2)20(13)17-9-7-16(8-10-17)19(3,4)5/h7-10,12H,6,11H2,1-5H3,(H,21,22). The van der Waals surface area contributed by atoms with E-state index in [2.05, 4.69) is 69.5 Å². The molecule has 0 bridgehead atoms. The number of carbonyl (C=O) groups is 1. The van der Waals surface area contributed by atoms with Crippen molar-refractivity contribution in [3.05, 3.63) is 52.8 Å². The molecule has 22 heavy (non-hydrogen) atoms. The molecule has 3 nitrogen and oxygen atoms in total. The van der Waals surface area contributed by atoms with Gasteiger partial charge in [-0.2, -0.15) is 0 Å². The zero-order chi connectivity index (χ0) is 16.5. The van der Waals surface area contributed by atoms with Crippen LogP contribution in [0.15, 0.2) is 30.3 Å². The van der Waals surface area contributed by atoms with Crippen LogP contribution in [0.4, 0.5) is 0 Å². The molecule has 1 aromatic heterocycles. The Bertz CT molecular complexity index is 673. The van der Waals surface area contributed by atoms with E-state index in [9.17, 15) is 4.79 Å². The molecule has 3 heteroatoms. The van der Waals surface area contributed by atoms with E-state index in [1.165, 1.54) is 5.56 Å². The number of nitrogens with zero attached hydrogens (tertiary/aromatic N) is 1. The van der Waals surface area contributed by atoms with Crippen LogP contribution in [0.2, 0.25) is 0 Å². The molecule has 0 aliphatic heterocycles. The zero-order valence-corrected chi connectivity index (χ0v) is 14.1. The highest BCUT2D eigenvalue weighted by Gasteiger charge is 2.15. The Balaban J connectivity index is 2.34. The fourth-order valence-electron chi connectivity index (χ4n) is 2.83. The molecular weight excluding hydrogens is 274 g/mol. The largest absolute Gasteiger partial charge is 0.481 e. The molecule has 0 aliphatic rings. The summed E-state index contributed by atoms with van der Waals surface area (Å²) in [5.74, 6) is -0.751. The van der Waals surface area contributed by atoms with Crippen molar-refractivity contribution in [2.24, 2.45) is 0 Å². The van der Waals surface area contributed by atoms with Crippen molar-refractivity contribution in [3.8, 4) is 5.69 Å². The maximum absolute atomic E-state index is 10.8. The zero-order valence-electron chi connectivity index (χ0n) is 14.1. The Hall–Kier alpha value is -2.03. The molecule has 0 aliphatic carbocycles. The fourth-order valence-corrected chi connectivity index (χ4v) is 2.83. The average Bonchev–Trinajstić information content (AvgIpc) is 2.70. The van der Waals surface area contributed by atoms with Crippen molar-refractivity contribution < 1.29 is 9.90 Å². The number of hydrogen-bond donors (Lipinski definition) is 1. The number of aromatic nitrogens is 1. The maximum atomic E-state index is 10.8. The van der Waals surface area contributed by atoms with E-state index in [4.69, 9.17) is 5.11 Å². The van der Waals surface area contributed by atoms with E-state index in [0.29, 0.717) is 6.42 Å². The lowest BCUT2D eigenvalue weighted by atomic mass is 9.87. The normalized spacial score (nSPS) is 11.7.